The molecule has 0 saturated carbocycles. The highest BCUT2D eigenvalue weighted by Gasteiger charge is 2.34. The maximum absolute atomic E-state index is 11.1. The third-order valence-corrected chi connectivity index (χ3v) is 2.56. The fourth-order valence-electron chi connectivity index (χ4n) is 1.15. The molecule has 6 nitrogen and oxygen atoms in total. The minimum absolute atomic E-state index is 0.0388. The lowest BCUT2D eigenvalue weighted by Crippen LogP contribution is -2.48. The van der Waals surface area contributed by atoms with Crippen LogP contribution in [0.25, 0.3) is 0 Å². The van der Waals surface area contributed by atoms with Gasteiger partial charge in [-0.3, -0.25) is 14.7 Å². The molecule has 0 amide bonds. The first-order chi connectivity index (χ1) is 6.80. The van der Waals surface area contributed by atoms with Crippen molar-refractivity contribution in [1.29, 1.82) is 0 Å². The lowest BCUT2D eigenvalue weighted by atomic mass is 9.94. The van der Waals surface area contributed by atoms with Crippen molar-refractivity contribution in [3.05, 3.63) is 0 Å². The van der Waals surface area contributed by atoms with Crippen LogP contribution in [0.15, 0.2) is 4.99 Å². The summed E-state index contributed by atoms with van der Waals surface area (Å²) in [5.74, 6) is -0.797. The van der Waals surface area contributed by atoms with Crippen LogP contribution in [0, 0.1) is 0 Å². The summed E-state index contributed by atoms with van der Waals surface area (Å²) in [4.78, 5) is 16.6. The molecule has 0 rings (SSSR count). The molecule has 0 aliphatic carbocycles. The van der Waals surface area contributed by atoms with Crippen LogP contribution in [0.4, 0.5) is 0 Å². The zero-order chi connectivity index (χ0) is 12.1. The Morgan fingerprint density at radius 3 is 2.33 bits per heavy atom. The largest absolute Gasteiger partial charge is 0.480 e. The van der Waals surface area contributed by atoms with Crippen molar-refractivity contribution >= 4 is 11.9 Å². The van der Waals surface area contributed by atoms with E-state index in [4.69, 9.17) is 16.6 Å². The van der Waals surface area contributed by atoms with Crippen molar-refractivity contribution in [3.8, 4) is 0 Å². The van der Waals surface area contributed by atoms with Gasteiger partial charge < -0.3 is 16.6 Å². The van der Waals surface area contributed by atoms with Crippen molar-refractivity contribution in [2.75, 3.05) is 20.6 Å². The van der Waals surface area contributed by atoms with E-state index in [1.165, 1.54) is 0 Å². The summed E-state index contributed by atoms with van der Waals surface area (Å²) in [6.07, 6.45) is 1.14. The summed E-state index contributed by atoms with van der Waals surface area (Å²) in [6, 6.07) is 0. The molecule has 15 heavy (non-hydrogen) atoms. The highest BCUT2D eigenvalue weighted by molar-refractivity contribution is 5.78. The van der Waals surface area contributed by atoms with E-state index in [-0.39, 0.29) is 5.96 Å². The highest BCUT2D eigenvalue weighted by atomic mass is 16.4. The topological polar surface area (TPSA) is 105 Å². The lowest BCUT2D eigenvalue weighted by Gasteiger charge is -2.31. The van der Waals surface area contributed by atoms with E-state index < -0.39 is 11.5 Å². The van der Waals surface area contributed by atoms with E-state index >= 15 is 0 Å². The van der Waals surface area contributed by atoms with Gasteiger partial charge in [0, 0.05) is 6.54 Å². The maximum atomic E-state index is 11.1. The number of rotatable bonds is 6. The molecule has 88 valence electrons. The van der Waals surface area contributed by atoms with Gasteiger partial charge in [-0.05, 0) is 33.9 Å². The van der Waals surface area contributed by atoms with E-state index in [0.29, 0.717) is 19.4 Å². The summed E-state index contributed by atoms with van der Waals surface area (Å²) in [5.41, 5.74) is 9.46. The van der Waals surface area contributed by atoms with Gasteiger partial charge in [0.05, 0.1) is 0 Å². The number of aliphatic carboxylic acids is 1. The molecule has 6 heteroatoms. The van der Waals surface area contributed by atoms with Gasteiger partial charge in [-0.25, -0.2) is 0 Å². The first-order valence-corrected chi connectivity index (χ1v) is 4.77. The molecule has 0 aliphatic rings. The Labute approximate surface area is 89.9 Å². The smallest absolute Gasteiger partial charge is 0.323 e. The van der Waals surface area contributed by atoms with Crippen molar-refractivity contribution in [3.63, 3.8) is 0 Å². The van der Waals surface area contributed by atoms with Crippen LogP contribution in [0.1, 0.15) is 19.8 Å². The van der Waals surface area contributed by atoms with Crippen LogP contribution >= 0.6 is 0 Å². The third-order valence-electron chi connectivity index (χ3n) is 2.56. The van der Waals surface area contributed by atoms with Gasteiger partial charge in [0.2, 0.25) is 0 Å². The Kier molecular flexibility index (Phi) is 5.07. The number of nitrogens with two attached hydrogens (primary N) is 2. The number of aliphatic imine (C=N–C) groups is 1. The molecule has 0 heterocycles. The summed E-state index contributed by atoms with van der Waals surface area (Å²) >= 11 is 0. The standard InChI is InChI=1S/C9H20N4O2/c1-9(7(14)15,13(2)3)5-4-6-12-8(10)11/h4-6H2,1-3H3,(H,14,15)(H4,10,11,12). The van der Waals surface area contributed by atoms with E-state index in [1.54, 1.807) is 25.9 Å². The maximum Gasteiger partial charge on any atom is 0.323 e. The predicted molar refractivity (Wildman–Crippen MR) is 59.6 cm³/mol. The van der Waals surface area contributed by atoms with E-state index in [0.717, 1.165) is 0 Å². The molecule has 0 fully saturated rings. The number of hydrogen-bond donors (Lipinski definition) is 3. The van der Waals surface area contributed by atoms with Gasteiger partial charge in [-0.1, -0.05) is 0 Å². The molecule has 0 radical (unpaired) electrons. The van der Waals surface area contributed by atoms with Crippen molar-refractivity contribution < 1.29 is 9.90 Å². The molecule has 5 N–H and O–H groups in total. The van der Waals surface area contributed by atoms with Gasteiger partial charge >= 0.3 is 5.97 Å². The fourth-order valence-corrected chi connectivity index (χ4v) is 1.15. The molecule has 1 unspecified atom stereocenters. The normalized spacial score (nSPS) is 14.7. The summed E-state index contributed by atoms with van der Waals surface area (Å²) in [6.45, 7) is 2.14. The predicted octanol–water partition coefficient (Wildman–Crippen LogP) is -0.555. The van der Waals surface area contributed by atoms with Crippen LogP contribution in [0.2, 0.25) is 0 Å². The SMILES string of the molecule is CN(C)C(C)(CCCN=C(N)N)C(=O)O. The van der Waals surface area contributed by atoms with Crippen LogP contribution in [-0.2, 0) is 4.79 Å². The van der Waals surface area contributed by atoms with Crippen molar-refractivity contribution in [1.82, 2.24) is 4.90 Å². The van der Waals surface area contributed by atoms with Gasteiger partial charge in [0.15, 0.2) is 5.96 Å². The monoisotopic (exact) mass is 216 g/mol. The van der Waals surface area contributed by atoms with Crippen LogP contribution in [0.5, 0.6) is 0 Å². The zero-order valence-corrected chi connectivity index (χ0v) is 9.53. The van der Waals surface area contributed by atoms with Crippen molar-refractivity contribution in [2.45, 2.75) is 25.3 Å². The highest BCUT2D eigenvalue weighted by Crippen LogP contribution is 2.18. The van der Waals surface area contributed by atoms with Crippen molar-refractivity contribution in [2.24, 2.45) is 16.5 Å². The minimum atomic E-state index is -0.862. The van der Waals surface area contributed by atoms with Crippen LogP contribution in [0.3, 0.4) is 0 Å². The molecule has 0 aromatic carbocycles. The second-order valence-electron chi connectivity index (χ2n) is 3.88. The molecule has 0 aliphatic heterocycles. The number of nitrogens with zero attached hydrogens (tertiary/aromatic N) is 2. The average molecular weight is 216 g/mol. The summed E-state index contributed by atoms with van der Waals surface area (Å²) in [5, 5.41) is 9.08. The quantitative estimate of drug-likeness (QED) is 0.314. The average Bonchev–Trinajstić information content (AvgIpc) is 2.10. The lowest BCUT2D eigenvalue weighted by molar-refractivity contribution is -0.149. The molecular weight excluding hydrogens is 196 g/mol. The van der Waals surface area contributed by atoms with Crippen LogP contribution in [-0.4, -0.2) is 48.1 Å². The Balaban J connectivity index is 4.21. The number of likely N-dealkylation sites (N-methyl/N-ethyl adjacent to an activating group) is 1. The van der Waals surface area contributed by atoms with E-state index in [1.807, 2.05) is 0 Å². The molecule has 1 atom stereocenters. The molecule has 0 aromatic heterocycles. The second kappa shape index (κ2) is 5.55. The number of guanidine groups is 1. The molecule has 0 aromatic rings. The Bertz CT molecular complexity index is 248. The molecule has 0 saturated heterocycles. The molecular formula is C9H20N4O2. The van der Waals surface area contributed by atoms with Gasteiger partial charge in [-0.2, -0.15) is 0 Å². The fraction of sp³-hybridized carbons (Fsp3) is 0.778. The number of carboxylic acids is 1. The first-order valence-electron chi connectivity index (χ1n) is 4.77. The number of carboxylic acid groups (broad SMARTS) is 1. The first kappa shape index (κ1) is 13.7. The van der Waals surface area contributed by atoms with E-state index in [2.05, 4.69) is 4.99 Å². The zero-order valence-electron chi connectivity index (χ0n) is 9.53. The summed E-state index contributed by atoms with van der Waals surface area (Å²) in [7, 11) is 3.49. The van der Waals surface area contributed by atoms with Gasteiger partial charge in [-0.15, -0.1) is 0 Å². The Morgan fingerprint density at radius 1 is 1.47 bits per heavy atom. The Morgan fingerprint density at radius 2 is 2.00 bits per heavy atom. The molecule has 0 spiro atoms. The Hall–Kier alpha value is -1.30. The number of hydrogen-bond acceptors (Lipinski definition) is 3. The van der Waals surface area contributed by atoms with Crippen LogP contribution < -0.4 is 11.5 Å². The molecule has 0 bridgehead atoms. The van der Waals surface area contributed by atoms with Gasteiger partial charge in [0.1, 0.15) is 5.54 Å². The summed E-state index contributed by atoms with van der Waals surface area (Å²) < 4.78 is 0. The number of carbonyl (C=O) groups is 1. The van der Waals surface area contributed by atoms with Gasteiger partial charge in [0.25, 0.3) is 0 Å². The second-order valence-corrected chi connectivity index (χ2v) is 3.88. The minimum Gasteiger partial charge on any atom is -0.480 e. The van der Waals surface area contributed by atoms with E-state index in [9.17, 15) is 4.79 Å². The third kappa shape index (κ3) is 4.16.